The fourth-order valence-electron chi connectivity index (χ4n) is 2.40. The number of amides is 1. The summed E-state index contributed by atoms with van der Waals surface area (Å²) >= 11 is 2.62. The fraction of sp³-hybridized carbons (Fsp3) is 0.278. The van der Waals surface area contributed by atoms with Crippen molar-refractivity contribution in [2.45, 2.75) is 20.3 Å². The van der Waals surface area contributed by atoms with Gasteiger partial charge in [-0.25, -0.2) is 0 Å². The van der Waals surface area contributed by atoms with E-state index in [-0.39, 0.29) is 18.9 Å². The fourth-order valence-corrected chi connectivity index (χ4v) is 4.06. The summed E-state index contributed by atoms with van der Waals surface area (Å²) in [7, 11) is 0. The maximum atomic E-state index is 12.8. The van der Waals surface area contributed by atoms with Crippen molar-refractivity contribution in [2.75, 3.05) is 13.2 Å². The molecular formula is C18H18N4O4S2. The maximum absolute atomic E-state index is 12.8. The first-order valence-corrected chi connectivity index (χ1v) is 10.1. The number of carboxylic acid groups (broad SMARTS) is 1. The second-order valence-electron chi connectivity index (χ2n) is 5.69. The Morgan fingerprint density at radius 2 is 2.14 bits per heavy atom. The van der Waals surface area contributed by atoms with Crippen molar-refractivity contribution in [2.24, 2.45) is 4.99 Å². The molecule has 0 radical (unpaired) electrons. The number of amidine groups is 1. The maximum Gasteiger partial charge on any atom is 0.306 e. The molecule has 3 rings (SSSR count). The third-order valence-electron chi connectivity index (χ3n) is 3.69. The highest BCUT2D eigenvalue weighted by Crippen LogP contribution is 2.35. The minimum absolute atomic E-state index is 0.0564. The number of nitrogens with zero attached hydrogens (tertiary/aromatic N) is 4. The van der Waals surface area contributed by atoms with Gasteiger partial charge in [-0.15, -0.1) is 10.2 Å². The molecule has 2 aromatic rings. The Balaban J connectivity index is 1.85. The summed E-state index contributed by atoms with van der Waals surface area (Å²) in [5.41, 5.74) is 0.702. The van der Waals surface area contributed by atoms with Gasteiger partial charge >= 0.3 is 5.97 Å². The van der Waals surface area contributed by atoms with Crippen LogP contribution in [0.4, 0.5) is 5.13 Å². The molecule has 8 nitrogen and oxygen atoms in total. The summed E-state index contributed by atoms with van der Waals surface area (Å²) < 4.78 is 5.57. The molecule has 0 bridgehead atoms. The number of carbonyl (C=O) groups is 2. The molecule has 1 saturated heterocycles. The molecule has 1 aromatic heterocycles. The van der Waals surface area contributed by atoms with Gasteiger partial charge in [0.2, 0.25) is 5.13 Å². The summed E-state index contributed by atoms with van der Waals surface area (Å²) in [6.07, 6.45) is 1.64. The number of likely N-dealkylation sites (N-methyl/N-ethyl adjacent to an activating group) is 1. The number of aliphatic imine (C=N–C) groups is 1. The molecule has 1 amide bonds. The topological polar surface area (TPSA) is 105 Å². The van der Waals surface area contributed by atoms with Crippen LogP contribution in [0.5, 0.6) is 5.75 Å². The van der Waals surface area contributed by atoms with Crippen LogP contribution in [0, 0.1) is 6.92 Å². The molecule has 1 aliphatic rings. The molecule has 0 spiro atoms. The lowest BCUT2D eigenvalue weighted by Gasteiger charge is -2.11. The minimum Gasteiger partial charge on any atom is -0.492 e. The molecule has 28 heavy (non-hydrogen) atoms. The van der Waals surface area contributed by atoms with E-state index in [4.69, 9.17) is 9.84 Å². The minimum atomic E-state index is -0.927. The third kappa shape index (κ3) is 4.76. The number of aryl methyl sites for hydroxylation is 1. The molecular weight excluding hydrogens is 400 g/mol. The van der Waals surface area contributed by atoms with Crippen LogP contribution in [-0.4, -0.2) is 50.4 Å². The Labute approximate surface area is 169 Å². The first kappa shape index (κ1) is 20.0. The average molecular weight is 419 g/mol. The van der Waals surface area contributed by atoms with Crippen molar-refractivity contribution in [1.29, 1.82) is 0 Å². The molecule has 1 aliphatic heterocycles. The molecule has 1 fully saturated rings. The number of aromatic nitrogens is 2. The summed E-state index contributed by atoms with van der Waals surface area (Å²) in [6.45, 7) is 4.26. The number of aliphatic carboxylic acids is 1. The van der Waals surface area contributed by atoms with Crippen LogP contribution in [0.25, 0.3) is 6.08 Å². The predicted molar refractivity (Wildman–Crippen MR) is 109 cm³/mol. The van der Waals surface area contributed by atoms with E-state index in [1.165, 1.54) is 23.1 Å². The summed E-state index contributed by atoms with van der Waals surface area (Å²) in [5, 5.41) is 18.6. The molecule has 2 heterocycles. The van der Waals surface area contributed by atoms with Gasteiger partial charge in [-0.2, -0.15) is 4.99 Å². The smallest absolute Gasteiger partial charge is 0.306 e. The van der Waals surface area contributed by atoms with Gasteiger partial charge in [0.1, 0.15) is 10.8 Å². The van der Waals surface area contributed by atoms with Crippen molar-refractivity contribution in [3.05, 3.63) is 39.7 Å². The van der Waals surface area contributed by atoms with Gasteiger partial charge in [0.05, 0.1) is 17.9 Å². The Hall–Kier alpha value is -2.72. The second kappa shape index (κ2) is 8.98. The van der Waals surface area contributed by atoms with E-state index in [0.29, 0.717) is 33.1 Å². The van der Waals surface area contributed by atoms with Gasteiger partial charge in [-0.05, 0) is 37.8 Å². The van der Waals surface area contributed by atoms with Crippen molar-refractivity contribution in [1.82, 2.24) is 15.1 Å². The van der Waals surface area contributed by atoms with Crippen molar-refractivity contribution in [3.8, 4) is 5.75 Å². The van der Waals surface area contributed by atoms with Crippen molar-refractivity contribution in [3.63, 3.8) is 0 Å². The van der Waals surface area contributed by atoms with Gasteiger partial charge in [0.15, 0.2) is 5.17 Å². The van der Waals surface area contributed by atoms with Gasteiger partial charge < -0.3 is 9.84 Å². The predicted octanol–water partition coefficient (Wildman–Crippen LogP) is 3.32. The highest BCUT2D eigenvalue weighted by molar-refractivity contribution is 8.18. The Kier molecular flexibility index (Phi) is 6.42. The standard InChI is InChI=1S/C18H18N4O4S2/c1-3-22-16(25)14(28-18(22)19-17-21-20-11(2)27-17)10-12-6-4-5-7-13(12)26-9-8-15(23)24/h4-7,10H,3,8-9H2,1-2H3,(H,23,24)/b14-10+,19-18+. The number of hydrogen-bond acceptors (Lipinski definition) is 8. The number of thioether (sulfide) groups is 1. The van der Waals surface area contributed by atoms with E-state index in [9.17, 15) is 9.59 Å². The lowest BCUT2D eigenvalue weighted by molar-refractivity contribution is -0.137. The zero-order valence-electron chi connectivity index (χ0n) is 15.3. The van der Waals surface area contributed by atoms with Crippen molar-refractivity contribution < 1.29 is 19.4 Å². The monoisotopic (exact) mass is 418 g/mol. The van der Waals surface area contributed by atoms with Gasteiger partial charge in [-0.1, -0.05) is 29.5 Å². The molecule has 1 aromatic carbocycles. The largest absolute Gasteiger partial charge is 0.492 e. The van der Waals surface area contributed by atoms with E-state index >= 15 is 0 Å². The number of hydrogen-bond donors (Lipinski definition) is 1. The Morgan fingerprint density at radius 3 is 2.82 bits per heavy atom. The van der Waals surface area contributed by atoms with Crippen LogP contribution < -0.4 is 4.74 Å². The second-order valence-corrected chi connectivity index (χ2v) is 7.86. The highest BCUT2D eigenvalue weighted by Gasteiger charge is 2.32. The molecule has 10 heteroatoms. The molecule has 0 unspecified atom stereocenters. The number of para-hydroxylation sites is 1. The number of rotatable bonds is 7. The van der Waals surface area contributed by atoms with E-state index in [1.54, 1.807) is 23.1 Å². The van der Waals surface area contributed by atoms with Crippen LogP contribution in [0.2, 0.25) is 0 Å². The first-order valence-electron chi connectivity index (χ1n) is 8.51. The zero-order chi connectivity index (χ0) is 20.1. The lowest BCUT2D eigenvalue weighted by Crippen LogP contribution is -2.28. The third-order valence-corrected chi connectivity index (χ3v) is 5.43. The molecule has 0 atom stereocenters. The van der Waals surface area contributed by atoms with E-state index in [0.717, 1.165) is 5.01 Å². The number of carboxylic acids is 1. The first-order chi connectivity index (χ1) is 13.5. The van der Waals surface area contributed by atoms with Gasteiger partial charge in [0, 0.05) is 12.1 Å². The van der Waals surface area contributed by atoms with E-state index in [2.05, 4.69) is 15.2 Å². The normalized spacial score (nSPS) is 16.9. The van der Waals surface area contributed by atoms with Crippen LogP contribution in [-0.2, 0) is 9.59 Å². The van der Waals surface area contributed by atoms with Crippen molar-refractivity contribution >= 4 is 51.4 Å². The molecule has 0 aliphatic carbocycles. The average Bonchev–Trinajstić information content (AvgIpc) is 3.19. The Morgan fingerprint density at radius 1 is 1.36 bits per heavy atom. The van der Waals surface area contributed by atoms with Gasteiger partial charge in [-0.3, -0.25) is 14.5 Å². The zero-order valence-corrected chi connectivity index (χ0v) is 16.9. The van der Waals surface area contributed by atoms with E-state index in [1.807, 2.05) is 26.0 Å². The quantitative estimate of drug-likeness (QED) is 0.688. The van der Waals surface area contributed by atoms with Crippen LogP contribution in [0.15, 0.2) is 34.2 Å². The summed E-state index contributed by atoms with van der Waals surface area (Å²) in [6, 6.07) is 7.19. The number of benzene rings is 1. The highest BCUT2D eigenvalue weighted by atomic mass is 32.2. The van der Waals surface area contributed by atoms with Crippen LogP contribution >= 0.6 is 23.1 Å². The van der Waals surface area contributed by atoms with Gasteiger partial charge in [0.25, 0.3) is 5.91 Å². The number of carbonyl (C=O) groups excluding carboxylic acids is 1. The Bertz CT molecular complexity index is 955. The summed E-state index contributed by atoms with van der Waals surface area (Å²) in [4.78, 5) is 30.0. The molecule has 146 valence electrons. The number of ether oxygens (including phenoxy) is 1. The van der Waals surface area contributed by atoms with E-state index < -0.39 is 5.97 Å². The summed E-state index contributed by atoms with van der Waals surface area (Å²) in [5.74, 6) is -0.547. The lowest BCUT2D eigenvalue weighted by atomic mass is 10.2. The molecule has 1 N–H and O–H groups in total. The SMILES string of the molecule is CCN1C(=O)/C(=C\c2ccccc2OCCC(=O)O)S/C1=N/c1nnc(C)s1. The molecule has 0 saturated carbocycles. The van der Waals surface area contributed by atoms with Crippen LogP contribution in [0.1, 0.15) is 23.9 Å². The van der Waals surface area contributed by atoms with Crippen LogP contribution in [0.3, 0.4) is 0 Å².